The lowest BCUT2D eigenvalue weighted by Gasteiger charge is -2.09. The third kappa shape index (κ3) is 5.41. The first kappa shape index (κ1) is 17.0. The molecule has 23 heavy (non-hydrogen) atoms. The van der Waals surface area contributed by atoms with Crippen LogP contribution >= 0.6 is 15.9 Å². The number of para-hydroxylation sites is 1. The van der Waals surface area contributed by atoms with Crippen molar-refractivity contribution in [3.05, 3.63) is 58.6 Å². The lowest BCUT2D eigenvalue weighted by atomic mass is 10.1. The van der Waals surface area contributed by atoms with Crippen molar-refractivity contribution < 1.29 is 19.1 Å². The van der Waals surface area contributed by atoms with E-state index in [1.165, 1.54) is 7.11 Å². The molecule has 0 heterocycles. The Hall–Kier alpha value is -2.34. The SMILES string of the molecule is COc1ccccc1CC(=O)OCC(=O)Nc1ccc(Br)cc1. The van der Waals surface area contributed by atoms with Crippen LogP contribution in [0.1, 0.15) is 5.56 Å². The molecule has 6 heteroatoms. The summed E-state index contributed by atoms with van der Waals surface area (Å²) in [5.41, 5.74) is 1.35. The second-order valence-electron chi connectivity index (χ2n) is 4.70. The average molecular weight is 378 g/mol. The van der Waals surface area contributed by atoms with Crippen molar-refractivity contribution in [1.82, 2.24) is 0 Å². The van der Waals surface area contributed by atoms with Crippen LogP contribution in [0.5, 0.6) is 5.75 Å². The fraction of sp³-hybridized carbons (Fsp3) is 0.176. The molecular weight excluding hydrogens is 362 g/mol. The van der Waals surface area contributed by atoms with Gasteiger partial charge in [-0.15, -0.1) is 0 Å². The largest absolute Gasteiger partial charge is 0.496 e. The van der Waals surface area contributed by atoms with Crippen LogP contribution in [0, 0.1) is 0 Å². The van der Waals surface area contributed by atoms with Gasteiger partial charge in [-0.1, -0.05) is 34.1 Å². The number of hydrogen-bond donors (Lipinski definition) is 1. The predicted molar refractivity (Wildman–Crippen MR) is 90.4 cm³/mol. The molecule has 0 fully saturated rings. The molecule has 120 valence electrons. The van der Waals surface area contributed by atoms with E-state index in [0.29, 0.717) is 17.0 Å². The Morgan fingerprint density at radius 1 is 1.09 bits per heavy atom. The van der Waals surface area contributed by atoms with E-state index in [2.05, 4.69) is 21.2 Å². The Morgan fingerprint density at radius 3 is 2.48 bits per heavy atom. The Labute approximate surface area is 142 Å². The van der Waals surface area contributed by atoms with Gasteiger partial charge < -0.3 is 14.8 Å². The topological polar surface area (TPSA) is 64.6 Å². The lowest BCUT2D eigenvalue weighted by Crippen LogP contribution is -2.21. The number of amides is 1. The van der Waals surface area contributed by atoms with Crippen molar-refractivity contribution in [3.8, 4) is 5.75 Å². The van der Waals surface area contributed by atoms with Crippen molar-refractivity contribution in [2.24, 2.45) is 0 Å². The molecule has 2 rings (SSSR count). The molecule has 1 N–H and O–H groups in total. The van der Waals surface area contributed by atoms with E-state index in [4.69, 9.17) is 9.47 Å². The average Bonchev–Trinajstić information content (AvgIpc) is 2.55. The van der Waals surface area contributed by atoms with E-state index in [9.17, 15) is 9.59 Å². The van der Waals surface area contributed by atoms with Crippen LogP contribution in [0.2, 0.25) is 0 Å². The van der Waals surface area contributed by atoms with Gasteiger partial charge in [0.2, 0.25) is 0 Å². The molecule has 0 bridgehead atoms. The van der Waals surface area contributed by atoms with Crippen molar-refractivity contribution in [2.45, 2.75) is 6.42 Å². The number of anilines is 1. The third-order valence-electron chi connectivity index (χ3n) is 3.02. The molecule has 1 amide bonds. The Balaban J connectivity index is 1.82. The highest BCUT2D eigenvalue weighted by Crippen LogP contribution is 2.18. The molecule has 5 nitrogen and oxygen atoms in total. The van der Waals surface area contributed by atoms with E-state index in [-0.39, 0.29) is 18.9 Å². The summed E-state index contributed by atoms with van der Waals surface area (Å²) in [4.78, 5) is 23.6. The fourth-order valence-electron chi connectivity index (χ4n) is 1.93. The van der Waals surface area contributed by atoms with Gasteiger partial charge in [-0.3, -0.25) is 9.59 Å². The molecule has 0 saturated carbocycles. The van der Waals surface area contributed by atoms with Gasteiger partial charge in [0.1, 0.15) is 5.75 Å². The highest BCUT2D eigenvalue weighted by atomic mass is 79.9. The van der Waals surface area contributed by atoms with Crippen LogP contribution in [0.3, 0.4) is 0 Å². The standard InChI is InChI=1S/C17H16BrNO4/c1-22-15-5-3-2-4-12(15)10-17(21)23-11-16(20)19-14-8-6-13(18)7-9-14/h2-9H,10-11H2,1H3,(H,19,20). The molecule has 0 aliphatic rings. The molecule has 0 atom stereocenters. The van der Waals surface area contributed by atoms with Crippen LogP contribution in [-0.4, -0.2) is 25.6 Å². The number of nitrogens with one attached hydrogen (secondary N) is 1. The van der Waals surface area contributed by atoms with Gasteiger partial charge in [0.25, 0.3) is 5.91 Å². The lowest BCUT2D eigenvalue weighted by molar-refractivity contribution is -0.146. The first-order valence-electron chi connectivity index (χ1n) is 6.91. The highest BCUT2D eigenvalue weighted by molar-refractivity contribution is 9.10. The monoisotopic (exact) mass is 377 g/mol. The maximum absolute atomic E-state index is 11.8. The smallest absolute Gasteiger partial charge is 0.310 e. The van der Waals surface area contributed by atoms with Gasteiger partial charge in [-0.2, -0.15) is 0 Å². The first-order chi connectivity index (χ1) is 11.1. The van der Waals surface area contributed by atoms with E-state index in [1.54, 1.807) is 24.3 Å². The quantitative estimate of drug-likeness (QED) is 0.785. The molecule has 2 aromatic rings. The van der Waals surface area contributed by atoms with Gasteiger partial charge in [0, 0.05) is 15.7 Å². The Morgan fingerprint density at radius 2 is 1.78 bits per heavy atom. The third-order valence-corrected chi connectivity index (χ3v) is 3.55. The predicted octanol–water partition coefficient (Wildman–Crippen LogP) is 3.18. The highest BCUT2D eigenvalue weighted by Gasteiger charge is 2.11. The number of hydrogen-bond acceptors (Lipinski definition) is 4. The van der Waals surface area contributed by atoms with Crippen molar-refractivity contribution in [3.63, 3.8) is 0 Å². The summed E-state index contributed by atoms with van der Waals surface area (Å²) in [6, 6.07) is 14.3. The van der Waals surface area contributed by atoms with E-state index in [0.717, 1.165) is 4.47 Å². The zero-order chi connectivity index (χ0) is 16.7. The van der Waals surface area contributed by atoms with E-state index < -0.39 is 5.97 Å². The molecule has 0 aliphatic carbocycles. The van der Waals surface area contributed by atoms with Crippen LogP contribution in [0.4, 0.5) is 5.69 Å². The van der Waals surface area contributed by atoms with Crippen LogP contribution < -0.4 is 10.1 Å². The number of rotatable bonds is 6. The minimum atomic E-state index is -0.486. The van der Waals surface area contributed by atoms with Gasteiger partial charge >= 0.3 is 5.97 Å². The van der Waals surface area contributed by atoms with E-state index >= 15 is 0 Å². The zero-order valence-corrected chi connectivity index (χ0v) is 14.1. The molecule has 0 spiro atoms. The number of methoxy groups -OCH3 is 1. The van der Waals surface area contributed by atoms with Gasteiger partial charge in [-0.25, -0.2) is 0 Å². The summed E-state index contributed by atoms with van der Waals surface area (Å²) in [7, 11) is 1.54. The van der Waals surface area contributed by atoms with Crippen LogP contribution in [0.25, 0.3) is 0 Å². The number of benzene rings is 2. The summed E-state index contributed by atoms with van der Waals surface area (Å²) in [5, 5.41) is 2.65. The summed E-state index contributed by atoms with van der Waals surface area (Å²) in [5.74, 6) is -0.259. The summed E-state index contributed by atoms with van der Waals surface area (Å²) >= 11 is 3.31. The van der Waals surface area contributed by atoms with E-state index in [1.807, 2.05) is 24.3 Å². The van der Waals surface area contributed by atoms with Crippen molar-refractivity contribution in [1.29, 1.82) is 0 Å². The zero-order valence-electron chi connectivity index (χ0n) is 12.5. The fourth-order valence-corrected chi connectivity index (χ4v) is 2.20. The maximum Gasteiger partial charge on any atom is 0.310 e. The normalized spacial score (nSPS) is 10.0. The second kappa shape index (κ2) is 8.33. The first-order valence-corrected chi connectivity index (χ1v) is 7.70. The number of halogens is 1. The molecule has 0 unspecified atom stereocenters. The van der Waals surface area contributed by atoms with Crippen LogP contribution in [0.15, 0.2) is 53.0 Å². The summed E-state index contributed by atoms with van der Waals surface area (Å²) in [6.07, 6.45) is 0.0512. The van der Waals surface area contributed by atoms with Gasteiger partial charge in [0.15, 0.2) is 6.61 Å². The molecular formula is C17H16BrNO4. The van der Waals surface area contributed by atoms with Crippen LogP contribution in [-0.2, 0) is 20.7 Å². The Bertz CT molecular complexity index is 685. The molecule has 0 saturated heterocycles. The number of carbonyl (C=O) groups excluding carboxylic acids is 2. The number of carbonyl (C=O) groups is 2. The second-order valence-corrected chi connectivity index (χ2v) is 5.62. The molecule has 0 aliphatic heterocycles. The minimum absolute atomic E-state index is 0.0512. The van der Waals surface area contributed by atoms with Crippen molar-refractivity contribution in [2.75, 3.05) is 19.0 Å². The van der Waals surface area contributed by atoms with Gasteiger partial charge in [0.05, 0.1) is 13.5 Å². The summed E-state index contributed by atoms with van der Waals surface area (Å²) < 4.78 is 11.1. The van der Waals surface area contributed by atoms with Gasteiger partial charge in [-0.05, 0) is 30.3 Å². The molecule has 0 radical (unpaired) electrons. The maximum atomic E-state index is 11.8. The molecule has 0 aromatic heterocycles. The Kier molecular flexibility index (Phi) is 6.17. The number of ether oxygens (including phenoxy) is 2. The van der Waals surface area contributed by atoms with Crippen molar-refractivity contribution >= 4 is 33.5 Å². The molecule has 2 aromatic carbocycles. The minimum Gasteiger partial charge on any atom is -0.496 e. The number of esters is 1. The summed E-state index contributed by atoms with van der Waals surface area (Å²) in [6.45, 7) is -0.329.